The fourth-order valence-corrected chi connectivity index (χ4v) is 1.73. The maximum absolute atomic E-state index is 11.6. The second-order valence-corrected chi connectivity index (χ2v) is 4.52. The molecule has 0 spiro atoms. The Morgan fingerprint density at radius 1 is 1.32 bits per heavy atom. The van der Waals surface area contributed by atoms with Crippen molar-refractivity contribution in [1.29, 1.82) is 0 Å². The molecule has 0 amide bonds. The Balaban J connectivity index is 2.73. The van der Waals surface area contributed by atoms with E-state index in [0.29, 0.717) is 0 Å². The predicted octanol–water partition coefficient (Wildman–Crippen LogP) is 1.51. The molecular weight excluding hydrogens is 244 g/mol. The van der Waals surface area contributed by atoms with Crippen LogP contribution in [0.3, 0.4) is 0 Å². The van der Waals surface area contributed by atoms with Crippen molar-refractivity contribution >= 4 is 5.97 Å². The van der Waals surface area contributed by atoms with Crippen LogP contribution in [0.2, 0.25) is 0 Å². The van der Waals surface area contributed by atoms with Crippen molar-refractivity contribution in [3.63, 3.8) is 0 Å². The van der Waals surface area contributed by atoms with Gasteiger partial charge in [0.1, 0.15) is 0 Å². The summed E-state index contributed by atoms with van der Waals surface area (Å²) >= 11 is 0. The van der Waals surface area contributed by atoms with Gasteiger partial charge in [-0.05, 0) is 26.2 Å². The lowest BCUT2D eigenvalue weighted by molar-refractivity contribution is -0.386. The highest BCUT2D eigenvalue weighted by atomic mass is 16.5. The van der Waals surface area contributed by atoms with Crippen molar-refractivity contribution in [3.05, 3.63) is 36.5 Å². The molecule has 4 heteroatoms. The molecule has 0 unspecified atom stereocenters. The highest BCUT2D eigenvalue weighted by Crippen LogP contribution is 2.07. The number of cyclic esters (lactones) is 1. The lowest BCUT2D eigenvalue weighted by Gasteiger charge is -2.15. The summed E-state index contributed by atoms with van der Waals surface area (Å²) in [6.07, 6.45) is 10.8. The number of carbonyl (C=O) groups is 1. The van der Waals surface area contributed by atoms with Crippen LogP contribution in [-0.4, -0.2) is 31.4 Å². The molecule has 0 N–H and O–H groups in total. The van der Waals surface area contributed by atoms with E-state index in [4.69, 9.17) is 9.47 Å². The monoisotopic (exact) mass is 265 g/mol. The first-order valence-corrected chi connectivity index (χ1v) is 6.54. The van der Waals surface area contributed by atoms with Crippen molar-refractivity contribution in [3.8, 4) is 0 Å². The van der Waals surface area contributed by atoms with E-state index < -0.39 is 12.1 Å². The molecule has 0 saturated heterocycles. The molecule has 106 valence electrons. The molecule has 3 atom stereocenters. The molecule has 0 saturated carbocycles. The second kappa shape index (κ2) is 8.67. The zero-order chi connectivity index (χ0) is 14.1. The van der Waals surface area contributed by atoms with Gasteiger partial charge in [-0.1, -0.05) is 36.5 Å². The number of allylic oxidation sites excluding steroid dienone is 1. The van der Waals surface area contributed by atoms with E-state index in [-0.39, 0.29) is 12.2 Å². The van der Waals surface area contributed by atoms with Crippen LogP contribution in [0.15, 0.2) is 36.5 Å². The number of ether oxygens (including phenoxy) is 2. The molecule has 1 heterocycles. The van der Waals surface area contributed by atoms with E-state index in [1.165, 1.54) is 18.2 Å². The summed E-state index contributed by atoms with van der Waals surface area (Å²) in [6.45, 7) is 1.86. The Morgan fingerprint density at radius 3 is 2.84 bits per heavy atom. The molecule has 4 nitrogen and oxygen atoms in total. The number of methoxy groups -OCH3 is 1. The summed E-state index contributed by atoms with van der Waals surface area (Å²) in [5, 5.41) is 11.6. The van der Waals surface area contributed by atoms with Crippen LogP contribution in [-0.2, 0) is 14.3 Å². The van der Waals surface area contributed by atoms with E-state index >= 15 is 0 Å². The Labute approximate surface area is 114 Å². The minimum atomic E-state index is -1.07. The van der Waals surface area contributed by atoms with Crippen molar-refractivity contribution in [2.24, 2.45) is 0 Å². The van der Waals surface area contributed by atoms with Gasteiger partial charge in [0.2, 0.25) is 0 Å². The lowest BCUT2D eigenvalue weighted by Crippen LogP contribution is -2.21. The van der Waals surface area contributed by atoms with E-state index in [0.717, 1.165) is 19.3 Å². The van der Waals surface area contributed by atoms with Gasteiger partial charge in [0.25, 0.3) is 0 Å². The van der Waals surface area contributed by atoms with Crippen LogP contribution >= 0.6 is 0 Å². The topological polar surface area (TPSA) is 58.6 Å². The van der Waals surface area contributed by atoms with Crippen LogP contribution in [0.1, 0.15) is 26.2 Å². The Kier molecular flexibility index (Phi) is 7.15. The summed E-state index contributed by atoms with van der Waals surface area (Å²) in [5.41, 5.74) is 0. The number of hydrogen-bond donors (Lipinski definition) is 0. The minimum Gasteiger partial charge on any atom is -0.846 e. The maximum Gasteiger partial charge on any atom is 0.330 e. The summed E-state index contributed by atoms with van der Waals surface area (Å²) in [6, 6.07) is 0. The normalized spacial score (nSPS) is 34.9. The molecule has 0 aromatic heterocycles. The largest absolute Gasteiger partial charge is 0.846 e. The van der Waals surface area contributed by atoms with Gasteiger partial charge < -0.3 is 14.6 Å². The van der Waals surface area contributed by atoms with Gasteiger partial charge in [-0.2, -0.15) is 0 Å². The predicted molar refractivity (Wildman–Crippen MR) is 71.4 cm³/mol. The van der Waals surface area contributed by atoms with Gasteiger partial charge in [0.05, 0.1) is 12.2 Å². The summed E-state index contributed by atoms with van der Waals surface area (Å²) in [4.78, 5) is 11.4. The van der Waals surface area contributed by atoms with E-state index in [1.54, 1.807) is 13.2 Å². The van der Waals surface area contributed by atoms with Crippen molar-refractivity contribution < 1.29 is 19.4 Å². The first kappa shape index (κ1) is 15.7. The highest BCUT2D eigenvalue weighted by molar-refractivity contribution is 5.82. The fourth-order valence-electron chi connectivity index (χ4n) is 1.73. The average Bonchev–Trinajstić information content (AvgIpc) is 2.38. The third-order valence-corrected chi connectivity index (χ3v) is 2.81. The SMILES string of the molecule is CO[C@H]1/C=C\CCC[C@H](C)OC(=O)/C=C/[C@@H]([O-])/C=C\1. The molecule has 0 bridgehead atoms. The molecule has 0 fully saturated rings. The molecule has 1 aliphatic rings. The summed E-state index contributed by atoms with van der Waals surface area (Å²) in [5.74, 6) is -0.461. The van der Waals surface area contributed by atoms with Gasteiger partial charge in [0.15, 0.2) is 0 Å². The molecule has 0 aliphatic carbocycles. The van der Waals surface area contributed by atoms with Gasteiger partial charge in [-0.25, -0.2) is 4.79 Å². The van der Waals surface area contributed by atoms with Crippen molar-refractivity contribution in [2.75, 3.05) is 7.11 Å². The molecule has 19 heavy (non-hydrogen) atoms. The molecule has 1 aliphatic heterocycles. The maximum atomic E-state index is 11.6. The van der Waals surface area contributed by atoms with Crippen LogP contribution in [0.5, 0.6) is 0 Å². The van der Waals surface area contributed by atoms with Crippen LogP contribution in [0.25, 0.3) is 0 Å². The summed E-state index contributed by atoms with van der Waals surface area (Å²) in [7, 11) is 1.59. The average molecular weight is 265 g/mol. The molecule has 0 radical (unpaired) electrons. The lowest BCUT2D eigenvalue weighted by atomic mass is 10.1. The Bertz CT molecular complexity index is 357. The van der Waals surface area contributed by atoms with Crippen molar-refractivity contribution in [2.45, 2.75) is 44.5 Å². The number of carbonyl (C=O) groups excluding carboxylic acids is 1. The zero-order valence-electron chi connectivity index (χ0n) is 11.5. The zero-order valence-corrected chi connectivity index (χ0v) is 11.5. The Hall–Kier alpha value is -1.39. The molecule has 0 aromatic rings. The van der Waals surface area contributed by atoms with Gasteiger partial charge in [-0.3, -0.25) is 0 Å². The van der Waals surface area contributed by atoms with Crippen LogP contribution in [0.4, 0.5) is 0 Å². The number of rotatable bonds is 1. The second-order valence-electron chi connectivity index (χ2n) is 4.52. The third kappa shape index (κ3) is 6.94. The smallest absolute Gasteiger partial charge is 0.330 e. The third-order valence-electron chi connectivity index (χ3n) is 2.81. The number of hydrogen-bond acceptors (Lipinski definition) is 4. The van der Waals surface area contributed by atoms with Crippen LogP contribution in [0, 0.1) is 0 Å². The summed E-state index contributed by atoms with van der Waals surface area (Å²) < 4.78 is 10.4. The standard InChI is InChI=1S/C15H21O4/c1-12-6-4-3-5-7-14(18-2)10-8-13(16)9-11-15(17)19-12/h5,7-14H,3-4,6H2,1-2H3/q-1/b7-5-,10-8-,11-9+/t12-,13-,14-/m0/s1. The van der Waals surface area contributed by atoms with Gasteiger partial charge in [-0.15, -0.1) is 0 Å². The minimum absolute atomic E-state index is 0.132. The fraction of sp³-hybridized carbons (Fsp3) is 0.533. The molecule has 1 rings (SSSR count). The van der Waals surface area contributed by atoms with Gasteiger partial charge in [0, 0.05) is 13.2 Å². The quantitative estimate of drug-likeness (QED) is 0.532. The Morgan fingerprint density at radius 2 is 2.11 bits per heavy atom. The first-order valence-electron chi connectivity index (χ1n) is 6.54. The molecular formula is C15H21O4-. The van der Waals surface area contributed by atoms with Crippen molar-refractivity contribution in [1.82, 2.24) is 0 Å². The van der Waals surface area contributed by atoms with E-state index in [9.17, 15) is 9.90 Å². The van der Waals surface area contributed by atoms with Gasteiger partial charge >= 0.3 is 5.97 Å². The van der Waals surface area contributed by atoms with E-state index in [1.807, 2.05) is 19.1 Å². The molecule has 0 aromatic carbocycles. The van der Waals surface area contributed by atoms with Crippen LogP contribution < -0.4 is 5.11 Å². The first-order chi connectivity index (χ1) is 9.11. The number of esters is 1. The highest BCUT2D eigenvalue weighted by Gasteiger charge is 2.06. The van der Waals surface area contributed by atoms with E-state index in [2.05, 4.69) is 0 Å².